The van der Waals surface area contributed by atoms with Crippen molar-refractivity contribution in [1.29, 1.82) is 0 Å². The van der Waals surface area contributed by atoms with Crippen LogP contribution >= 0.6 is 0 Å². The molecule has 2 aliphatic rings. The van der Waals surface area contributed by atoms with E-state index in [-0.39, 0.29) is 11.9 Å². The number of aromatic nitrogens is 2. The van der Waals surface area contributed by atoms with Crippen molar-refractivity contribution in [3.8, 4) is 0 Å². The Bertz CT molecular complexity index is 532. The van der Waals surface area contributed by atoms with E-state index in [9.17, 15) is 4.79 Å². The van der Waals surface area contributed by atoms with Gasteiger partial charge in [0.05, 0.1) is 13.2 Å². The third-order valence-electron chi connectivity index (χ3n) is 3.73. The molecule has 1 aliphatic carbocycles. The van der Waals surface area contributed by atoms with E-state index in [0.717, 1.165) is 24.5 Å². The number of amides is 1. The zero-order chi connectivity index (χ0) is 14.8. The Morgan fingerprint density at radius 3 is 2.95 bits per heavy atom. The van der Waals surface area contributed by atoms with Crippen molar-refractivity contribution in [2.75, 3.05) is 37.0 Å². The van der Waals surface area contributed by atoms with Crippen LogP contribution in [0.4, 0.5) is 11.6 Å². The SMILES string of the molecule is CNc1cc(N2CCOCC2C(=O)NC2CC2)nc(C)n1. The van der Waals surface area contributed by atoms with Crippen molar-refractivity contribution in [3.63, 3.8) is 0 Å². The number of nitrogens with zero attached hydrogens (tertiary/aromatic N) is 3. The van der Waals surface area contributed by atoms with Crippen LogP contribution in [0.25, 0.3) is 0 Å². The Hall–Kier alpha value is -1.89. The number of carbonyl (C=O) groups is 1. The van der Waals surface area contributed by atoms with Gasteiger partial charge in [0.2, 0.25) is 5.91 Å². The van der Waals surface area contributed by atoms with Gasteiger partial charge < -0.3 is 20.3 Å². The first kappa shape index (κ1) is 14.1. The highest BCUT2D eigenvalue weighted by molar-refractivity contribution is 5.86. The number of nitrogens with one attached hydrogen (secondary N) is 2. The van der Waals surface area contributed by atoms with Crippen molar-refractivity contribution in [1.82, 2.24) is 15.3 Å². The molecule has 0 radical (unpaired) electrons. The summed E-state index contributed by atoms with van der Waals surface area (Å²) in [5, 5.41) is 6.07. The Labute approximate surface area is 124 Å². The molecule has 7 heteroatoms. The lowest BCUT2D eigenvalue weighted by Crippen LogP contribution is -2.54. The summed E-state index contributed by atoms with van der Waals surface area (Å²) in [5.74, 6) is 2.24. The molecule has 1 amide bonds. The summed E-state index contributed by atoms with van der Waals surface area (Å²) in [6.45, 7) is 3.51. The summed E-state index contributed by atoms with van der Waals surface area (Å²) in [7, 11) is 1.82. The lowest BCUT2D eigenvalue weighted by molar-refractivity contribution is -0.124. The van der Waals surface area contributed by atoms with Crippen LogP contribution in [0.15, 0.2) is 6.07 Å². The van der Waals surface area contributed by atoms with Gasteiger partial charge in [0, 0.05) is 25.7 Å². The van der Waals surface area contributed by atoms with Crippen molar-refractivity contribution in [2.45, 2.75) is 31.8 Å². The van der Waals surface area contributed by atoms with Gasteiger partial charge in [0.25, 0.3) is 0 Å². The molecular weight excluding hydrogens is 270 g/mol. The number of hydrogen-bond donors (Lipinski definition) is 2. The maximum absolute atomic E-state index is 12.4. The average molecular weight is 291 g/mol. The molecule has 2 heterocycles. The van der Waals surface area contributed by atoms with Crippen LogP contribution in [0.1, 0.15) is 18.7 Å². The van der Waals surface area contributed by atoms with Gasteiger partial charge >= 0.3 is 0 Å². The molecule has 21 heavy (non-hydrogen) atoms. The number of morpholine rings is 1. The molecule has 1 saturated carbocycles. The van der Waals surface area contributed by atoms with E-state index in [0.29, 0.717) is 31.6 Å². The average Bonchev–Trinajstić information content (AvgIpc) is 3.30. The topological polar surface area (TPSA) is 79.4 Å². The number of ether oxygens (including phenoxy) is 1. The summed E-state index contributed by atoms with van der Waals surface area (Å²) in [6, 6.07) is 1.90. The van der Waals surface area contributed by atoms with E-state index < -0.39 is 0 Å². The van der Waals surface area contributed by atoms with E-state index in [1.165, 1.54) is 0 Å². The van der Waals surface area contributed by atoms with Crippen LogP contribution in [0.3, 0.4) is 0 Å². The maximum Gasteiger partial charge on any atom is 0.245 e. The standard InChI is InChI=1S/C14H21N5O2/c1-9-16-12(15-2)7-13(17-9)19-5-6-21-8-11(19)14(20)18-10-3-4-10/h7,10-11H,3-6,8H2,1-2H3,(H,18,20)(H,15,16,17). The second-order valence-electron chi connectivity index (χ2n) is 5.48. The van der Waals surface area contributed by atoms with Crippen LogP contribution in [-0.4, -0.2) is 54.8 Å². The van der Waals surface area contributed by atoms with Gasteiger partial charge in [0.1, 0.15) is 23.5 Å². The van der Waals surface area contributed by atoms with Gasteiger partial charge in [-0.3, -0.25) is 4.79 Å². The van der Waals surface area contributed by atoms with Crippen LogP contribution < -0.4 is 15.5 Å². The van der Waals surface area contributed by atoms with Gasteiger partial charge in [-0.2, -0.15) is 0 Å². The smallest absolute Gasteiger partial charge is 0.245 e. The van der Waals surface area contributed by atoms with Gasteiger partial charge in [0.15, 0.2) is 0 Å². The molecule has 1 atom stereocenters. The van der Waals surface area contributed by atoms with E-state index in [2.05, 4.69) is 20.6 Å². The van der Waals surface area contributed by atoms with Crippen LogP contribution in [0.5, 0.6) is 0 Å². The molecule has 0 bridgehead atoms. The monoisotopic (exact) mass is 291 g/mol. The number of hydrogen-bond acceptors (Lipinski definition) is 6. The highest BCUT2D eigenvalue weighted by Gasteiger charge is 2.34. The van der Waals surface area contributed by atoms with E-state index in [1.807, 2.05) is 24.9 Å². The first-order valence-corrected chi connectivity index (χ1v) is 7.35. The molecule has 3 rings (SSSR count). The molecule has 1 aromatic rings. The quantitative estimate of drug-likeness (QED) is 0.831. The third kappa shape index (κ3) is 3.24. The van der Waals surface area contributed by atoms with Gasteiger partial charge in [-0.25, -0.2) is 9.97 Å². The fraction of sp³-hybridized carbons (Fsp3) is 0.643. The van der Waals surface area contributed by atoms with Gasteiger partial charge in [-0.15, -0.1) is 0 Å². The minimum absolute atomic E-state index is 0.0273. The highest BCUT2D eigenvalue weighted by atomic mass is 16.5. The molecule has 0 aromatic carbocycles. The van der Waals surface area contributed by atoms with Crippen molar-refractivity contribution >= 4 is 17.5 Å². The lowest BCUT2D eigenvalue weighted by Gasteiger charge is -2.35. The van der Waals surface area contributed by atoms with E-state index in [1.54, 1.807) is 0 Å². The van der Waals surface area contributed by atoms with Crippen LogP contribution in [-0.2, 0) is 9.53 Å². The number of rotatable bonds is 4. The summed E-state index contributed by atoms with van der Waals surface area (Å²) < 4.78 is 5.48. The molecule has 1 aromatic heterocycles. The summed E-state index contributed by atoms with van der Waals surface area (Å²) in [5.41, 5.74) is 0. The van der Waals surface area contributed by atoms with Crippen LogP contribution in [0, 0.1) is 6.92 Å². The van der Waals surface area contributed by atoms with Crippen molar-refractivity contribution in [3.05, 3.63) is 11.9 Å². The Kier molecular flexibility index (Phi) is 3.92. The number of anilines is 2. The van der Waals surface area contributed by atoms with Crippen LogP contribution in [0.2, 0.25) is 0 Å². The molecule has 1 unspecified atom stereocenters. The van der Waals surface area contributed by atoms with E-state index >= 15 is 0 Å². The predicted octanol–water partition coefficient (Wildman–Crippen LogP) is 0.311. The Balaban J connectivity index is 1.82. The summed E-state index contributed by atoms with van der Waals surface area (Å²) >= 11 is 0. The molecule has 0 spiro atoms. The Morgan fingerprint density at radius 2 is 2.24 bits per heavy atom. The first-order valence-electron chi connectivity index (χ1n) is 7.35. The lowest BCUT2D eigenvalue weighted by atomic mass is 10.2. The molecule has 2 N–H and O–H groups in total. The maximum atomic E-state index is 12.4. The molecule has 2 fully saturated rings. The molecular formula is C14H21N5O2. The van der Waals surface area contributed by atoms with Crippen molar-refractivity contribution < 1.29 is 9.53 Å². The Morgan fingerprint density at radius 1 is 1.43 bits per heavy atom. The zero-order valence-electron chi connectivity index (χ0n) is 12.4. The molecule has 1 aliphatic heterocycles. The highest BCUT2D eigenvalue weighted by Crippen LogP contribution is 2.23. The minimum atomic E-state index is -0.321. The summed E-state index contributed by atoms with van der Waals surface area (Å²) in [4.78, 5) is 23.2. The second-order valence-corrected chi connectivity index (χ2v) is 5.48. The molecule has 1 saturated heterocycles. The normalized spacial score (nSPS) is 22.0. The minimum Gasteiger partial charge on any atom is -0.377 e. The van der Waals surface area contributed by atoms with Gasteiger partial charge in [-0.1, -0.05) is 0 Å². The fourth-order valence-electron chi connectivity index (χ4n) is 2.45. The first-order chi connectivity index (χ1) is 10.2. The largest absolute Gasteiger partial charge is 0.377 e. The summed E-state index contributed by atoms with van der Waals surface area (Å²) in [6.07, 6.45) is 2.16. The number of carbonyl (C=O) groups excluding carboxylic acids is 1. The second kappa shape index (κ2) is 5.85. The predicted molar refractivity (Wildman–Crippen MR) is 79.4 cm³/mol. The number of aryl methyl sites for hydroxylation is 1. The third-order valence-corrected chi connectivity index (χ3v) is 3.73. The fourth-order valence-corrected chi connectivity index (χ4v) is 2.45. The molecule has 114 valence electrons. The van der Waals surface area contributed by atoms with Gasteiger partial charge in [-0.05, 0) is 19.8 Å². The molecule has 7 nitrogen and oxygen atoms in total. The van der Waals surface area contributed by atoms with E-state index in [4.69, 9.17) is 4.74 Å². The zero-order valence-corrected chi connectivity index (χ0v) is 12.4. The van der Waals surface area contributed by atoms with Crippen molar-refractivity contribution in [2.24, 2.45) is 0 Å².